The molecule has 4 amide bonds. The van der Waals surface area contributed by atoms with E-state index in [2.05, 4.69) is 5.43 Å². The number of carbonyl (C=O) groups excluding carboxylic acids is 4. The Hall–Kier alpha value is -5.79. The molecule has 0 aromatic heterocycles. The molecule has 15 heteroatoms. The van der Waals surface area contributed by atoms with Crippen LogP contribution in [0.4, 0.5) is 21.5 Å². The number of hydrogen-bond acceptors (Lipinski definition) is 9. The number of anilines is 2. The van der Waals surface area contributed by atoms with Gasteiger partial charge < -0.3 is 9.84 Å². The van der Waals surface area contributed by atoms with E-state index in [1.54, 1.807) is 30.3 Å². The molecule has 4 aliphatic rings. The maximum absolute atomic E-state index is 15.4. The van der Waals surface area contributed by atoms with Crippen molar-refractivity contribution in [3.8, 4) is 11.5 Å². The maximum atomic E-state index is 15.4. The van der Waals surface area contributed by atoms with Crippen LogP contribution in [0.15, 0.2) is 96.6 Å². The van der Waals surface area contributed by atoms with Crippen molar-refractivity contribution < 1.29 is 38.3 Å². The van der Waals surface area contributed by atoms with E-state index in [1.807, 2.05) is 0 Å². The number of amides is 4. The van der Waals surface area contributed by atoms with Gasteiger partial charge in [-0.3, -0.25) is 34.7 Å². The van der Waals surface area contributed by atoms with Crippen molar-refractivity contribution in [1.82, 2.24) is 5.01 Å². The van der Waals surface area contributed by atoms with E-state index >= 15 is 9.18 Å². The molecule has 4 aromatic carbocycles. The van der Waals surface area contributed by atoms with Crippen LogP contribution in [0.25, 0.3) is 0 Å². The first-order chi connectivity index (χ1) is 25.9. The number of rotatable bonds is 7. The molecule has 2 N–H and O–H groups in total. The molecule has 54 heavy (non-hydrogen) atoms. The predicted molar refractivity (Wildman–Crippen MR) is 194 cm³/mol. The fourth-order valence-corrected chi connectivity index (χ4v) is 9.40. The van der Waals surface area contributed by atoms with Crippen LogP contribution in [0.5, 0.6) is 11.5 Å². The van der Waals surface area contributed by atoms with E-state index in [0.717, 1.165) is 22.0 Å². The zero-order valence-electron chi connectivity index (χ0n) is 28.2. The molecule has 2 heterocycles. The number of ether oxygens (including phenoxy) is 1. The van der Waals surface area contributed by atoms with Crippen molar-refractivity contribution in [2.24, 2.45) is 23.7 Å². The highest BCUT2D eigenvalue weighted by molar-refractivity contribution is 6.36. The van der Waals surface area contributed by atoms with Gasteiger partial charge in [0.25, 0.3) is 17.5 Å². The van der Waals surface area contributed by atoms with E-state index in [9.17, 15) is 29.6 Å². The van der Waals surface area contributed by atoms with Crippen molar-refractivity contribution in [3.63, 3.8) is 0 Å². The van der Waals surface area contributed by atoms with E-state index in [1.165, 1.54) is 55.6 Å². The van der Waals surface area contributed by atoms with E-state index < -0.39 is 75.1 Å². The average molecular weight is 772 g/mol. The Labute approximate surface area is 316 Å². The number of allylic oxidation sites excluding steroid dienone is 2. The van der Waals surface area contributed by atoms with Gasteiger partial charge in [-0.25, -0.2) is 9.29 Å². The molecular weight excluding hydrogens is 742 g/mol. The number of fused-ring (bicyclic) bond motifs is 4. The number of hydrogen-bond donors (Lipinski definition) is 2. The van der Waals surface area contributed by atoms with Gasteiger partial charge in [0, 0.05) is 28.6 Å². The van der Waals surface area contributed by atoms with Gasteiger partial charge in [-0.15, -0.1) is 0 Å². The third-order valence-corrected chi connectivity index (χ3v) is 11.8. The highest BCUT2D eigenvalue weighted by atomic mass is 35.5. The number of nitro groups is 1. The number of halogens is 3. The number of phenolic OH excluding ortho intramolecular Hbond substituents is 1. The number of non-ortho nitro benzene ring substituents is 1. The van der Waals surface area contributed by atoms with Crippen LogP contribution in [-0.4, -0.2) is 45.8 Å². The van der Waals surface area contributed by atoms with E-state index in [4.69, 9.17) is 27.9 Å². The summed E-state index contributed by atoms with van der Waals surface area (Å²) >= 11 is 12.6. The summed E-state index contributed by atoms with van der Waals surface area (Å²) in [4.78, 5) is 70.5. The summed E-state index contributed by atoms with van der Waals surface area (Å²) in [5.41, 5.74) is 1.80. The number of benzene rings is 4. The topological polar surface area (TPSA) is 159 Å². The number of phenols is 1. The Bertz CT molecular complexity index is 2340. The quantitative estimate of drug-likeness (QED) is 0.0878. The Morgan fingerprint density at radius 1 is 0.944 bits per heavy atom. The molecular formula is C39H29Cl2FN4O8. The van der Waals surface area contributed by atoms with Crippen molar-refractivity contribution in [2.45, 2.75) is 24.2 Å². The maximum Gasteiger partial charge on any atom is 0.271 e. The van der Waals surface area contributed by atoms with Crippen LogP contribution in [-0.2, 0) is 24.6 Å². The second kappa shape index (κ2) is 13.0. The SMILES string of the molecule is COc1ccc(C23C(=O)N(Nc4ccc(Cl)cc4Cl)C(=O)C2CC2C(=CCC4C(=O)N(c5cccc([N+](=O)[O-])c5)C(=O)C42)C3c2cccc(F)c2O)cc1. The molecule has 12 nitrogen and oxygen atoms in total. The van der Waals surface area contributed by atoms with Gasteiger partial charge in [-0.2, -0.15) is 5.01 Å². The molecule has 3 fully saturated rings. The number of methoxy groups -OCH3 is 1. The molecule has 2 aliphatic carbocycles. The Kier molecular flexibility index (Phi) is 8.46. The van der Waals surface area contributed by atoms with Gasteiger partial charge >= 0.3 is 0 Å². The van der Waals surface area contributed by atoms with Crippen LogP contribution in [0.3, 0.4) is 0 Å². The van der Waals surface area contributed by atoms with Gasteiger partial charge in [-0.1, -0.05) is 65.2 Å². The van der Waals surface area contributed by atoms with Gasteiger partial charge in [-0.05, 0) is 66.8 Å². The Morgan fingerprint density at radius 2 is 1.69 bits per heavy atom. The van der Waals surface area contributed by atoms with Crippen molar-refractivity contribution >= 4 is 63.9 Å². The summed E-state index contributed by atoms with van der Waals surface area (Å²) in [6, 6.07) is 20.1. The molecule has 2 saturated heterocycles. The summed E-state index contributed by atoms with van der Waals surface area (Å²) in [6.07, 6.45) is 1.69. The lowest BCUT2D eigenvalue weighted by atomic mass is 9.49. The number of nitrogens with zero attached hydrogens (tertiary/aromatic N) is 3. The molecule has 6 unspecified atom stereocenters. The average Bonchev–Trinajstić information content (AvgIpc) is 3.54. The monoisotopic (exact) mass is 770 g/mol. The smallest absolute Gasteiger partial charge is 0.271 e. The van der Waals surface area contributed by atoms with Crippen LogP contribution in [0.1, 0.15) is 29.9 Å². The van der Waals surface area contributed by atoms with Crippen molar-refractivity contribution in [3.05, 3.63) is 134 Å². The lowest BCUT2D eigenvalue weighted by Crippen LogP contribution is -2.53. The molecule has 1 saturated carbocycles. The molecule has 0 spiro atoms. The second-order valence-corrected chi connectivity index (χ2v) is 14.5. The first-order valence-corrected chi connectivity index (χ1v) is 17.7. The summed E-state index contributed by atoms with van der Waals surface area (Å²) < 4.78 is 20.8. The van der Waals surface area contributed by atoms with Gasteiger partial charge in [0.2, 0.25) is 11.8 Å². The van der Waals surface area contributed by atoms with Gasteiger partial charge in [0.1, 0.15) is 5.75 Å². The number of nitro benzene ring substituents is 1. The first kappa shape index (κ1) is 35.3. The van der Waals surface area contributed by atoms with Crippen LogP contribution in [0.2, 0.25) is 10.0 Å². The van der Waals surface area contributed by atoms with Gasteiger partial charge in [0.15, 0.2) is 11.6 Å². The zero-order valence-corrected chi connectivity index (χ0v) is 29.8. The summed E-state index contributed by atoms with van der Waals surface area (Å²) in [5.74, 6) is -9.06. The summed E-state index contributed by atoms with van der Waals surface area (Å²) in [7, 11) is 1.47. The molecule has 6 atom stereocenters. The molecule has 274 valence electrons. The standard InChI is InChI=1S/C39H29Cl2FN4O8/c1-54-23-11-8-19(9-12-23)39-28(36(49)45(38(39)51)43-31-15-10-20(40)16-29(31)41)18-27-24(33(39)26-6-3-7-30(42)34(26)47)13-14-25-32(27)37(50)44(35(25)48)21-4-2-5-22(17-21)46(52)53/h2-13,15-17,25,27-28,32-33,43,47H,14,18H2,1H3. The fourth-order valence-electron chi connectivity index (χ4n) is 8.95. The fraction of sp³-hybridized carbons (Fsp3) is 0.231. The largest absolute Gasteiger partial charge is 0.505 e. The highest BCUT2D eigenvalue weighted by Gasteiger charge is 2.70. The van der Waals surface area contributed by atoms with Crippen molar-refractivity contribution in [1.29, 1.82) is 0 Å². The normalized spacial score (nSPS) is 25.9. The van der Waals surface area contributed by atoms with Crippen LogP contribution < -0.4 is 15.1 Å². The Morgan fingerprint density at radius 3 is 2.39 bits per heavy atom. The number of aromatic hydroxyl groups is 1. The number of hydrazine groups is 1. The third kappa shape index (κ3) is 5.09. The van der Waals surface area contributed by atoms with E-state index in [-0.39, 0.29) is 40.5 Å². The summed E-state index contributed by atoms with van der Waals surface area (Å²) in [5, 5.41) is 24.3. The molecule has 4 aromatic rings. The van der Waals surface area contributed by atoms with Crippen LogP contribution >= 0.6 is 23.2 Å². The van der Waals surface area contributed by atoms with Crippen LogP contribution in [0, 0.1) is 39.6 Å². The number of carbonyl (C=O) groups is 4. The van der Waals surface area contributed by atoms with Crippen molar-refractivity contribution in [2.75, 3.05) is 17.4 Å². The minimum Gasteiger partial charge on any atom is -0.505 e. The Balaban J connectivity index is 1.33. The number of nitrogens with one attached hydrogen (secondary N) is 1. The van der Waals surface area contributed by atoms with Gasteiger partial charge in [0.05, 0.1) is 51.6 Å². The first-order valence-electron chi connectivity index (χ1n) is 16.9. The van der Waals surface area contributed by atoms with E-state index in [0.29, 0.717) is 21.9 Å². The lowest BCUT2D eigenvalue weighted by molar-refractivity contribution is -0.384. The molecule has 2 aliphatic heterocycles. The highest BCUT2D eigenvalue weighted by Crippen LogP contribution is 2.65. The lowest BCUT2D eigenvalue weighted by Gasteiger charge is -2.50. The summed E-state index contributed by atoms with van der Waals surface area (Å²) in [6.45, 7) is 0. The number of para-hydroxylation sites is 1. The third-order valence-electron chi connectivity index (χ3n) is 11.2. The zero-order chi connectivity index (χ0) is 38.2. The second-order valence-electron chi connectivity index (χ2n) is 13.7. The minimum atomic E-state index is -1.82. The molecule has 0 bridgehead atoms. The predicted octanol–water partition coefficient (Wildman–Crippen LogP) is 6.94. The molecule has 8 rings (SSSR count). The molecule has 0 radical (unpaired) electrons. The minimum absolute atomic E-state index is 0.00468. The number of imide groups is 2.